The molecule has 0 saturated carbocycles. The third-order valence-corrected chi connectivity index (χ3v) is 11.5. The van der Waals surface area contributed by atoms with Crippen LogP contribution in [-0.4, -0.2) is 19.6 Å². The smallest absolute Gasteiger partial charge is 0.149 e. The van der Waals surface area contributed by atoms with E-state index in [4.69, 9.17) is 19.6 Å². The van der Waals surface area contributed by atoms with Crippen molar-refractivity contribution in [2.45, 2.75) is 66.6 Å². The molecule has 0 aliphatic carbocycles. The molecule has 9 aromatic rings. The number of aromatic nitrogens is 3. The van der Waals surface area contributed by atoms with Gasteiger partial charge in [-0.1, -0.05) is 149 Å². The Balaban J connectivity index is 1.34. The Bertz CT molecular complexity index is 3480. The normalized spacial score (nSPS) is 14.0. The molecule has 4 nitrogen and oxygen atoms in total. The van der Waals surface area contributed by atoms with E-state index in [0.717, 1.165) is 66.8 Å². The summed E-state index contributed by atoms with van der Waals surface area (Å²) in [5, 5.41) is 12.0. The highest BCUT2D eigenvalue weighted by atomic mass is 16.3. The molecule has 0 radical (unpaired) electrons. The van der Waals surface area contributed by atoms with Gasteiger partial charge in [-0.05, 0) is 136 Å². The van der Waals surface area contributed by atoms with Crippen LogP contribution in [0.25, 0.3) is 83.9 Å². The van der Waals surface area contributed by atoms with Gasteiger partial charge in [-0.25, -0.2) is 4.98 Å². The maximum Gasteiger partial charge on any atom is 0.149 e. The van der Waals surface area contributed by atoms with Gasteiger partial charge in [-0.15, -0.1) is 0 Å². The Morgan fingerprint density at radius 2 is 1.32 bits per heavy atom. The molecule has 9 rings (SSSR count). The zero-order chi connectivity index (χ0) is 50.2. The first-order valence-corrected chi connectivity index (χ1v) is 20.9. The second-order valence-electron chi connectivity index (χ2n) is 17.3. The molecule has 306 valence electrons. The summed E-state index contributed by atoms with van der Waals surface area (Å²) in [4.78, 5) is 10.3. The maximum absolute atomic E-state index is 12.0. The van der Waals surface area contributed by atoms with Crippen LogP contribution in [0, 0.1) is 20.7 Å². The number of benzene rings is 7. The van der Waals surface area contributed by atoms with Crippen molar-refractivity contribution in [1.82, 2.24) is 14.5 Å². The number of para-hydroxylation sites is 1. The van der Waals surface area contributed by atoms with Crippen molar-refractivity contribution < 1.29 is 16.1 Å². The maximum atomic E-state index is 12.0. The van der Waals surface area contributed by atoms with Crippen LogP contribution in [0.5, 0.6) is 5.75 Å². The minimum atomic E-state index is -2.83. The monoisotopic (exact) mass is 815 g/mol. The van der Waals surface area contributed by atoms with Crippen molar-refractivity contribution in [3.05, 3.63) is 192 Å². The van der Waals surface area contributed by atoms with Crippen LogP contribution in [-0.2, 0) is 5.41 Å². The van der Waals surface area contributed by atoms with Gasteiger partial charge in [0.25, 0.3) is 0 Å². The largest absolute Gasteiger partial charge is 0.507 e. The third-order valence-electron chi connectivity index (χ3n) is 11.5. The molecule has 7 aromatic carbocycles. The summed E-state index contributed by atoms with van der Waals surface area (Å²) in [7, 11) is 0. The summed E-state index contributed by atoms with van der Waals surface area (Å²) >= 11 is 0. The molecule has 0 saturated heterocycles. The van der Waals surface area contributed by atoms with Gasteiger partial charge >= 0.3 is 0 Å². The van der Waals surface area contributed by atoms with Crippen molar-refractivity contribution in [3.63, 3.8) is 0 Å². The standard InChI is InChI=1S/C58H53N3O/c1-36(2)48-34-50(42-18-13-10-14-19-42)54(35-49(48)41-16-11-9-12-17-41)61-53-21-15-20-47(55(53)60-57(61)51-29-38(4)28-39(5)56(51)62)44-30-45(32-46(31-44)58(6,7)8)52-33-43(26-27-59-52)40-24-22-37(3)23-25-40/h9-36,62H,1-8H3/i3D3,22D,23D,24D,25D,36D. The second-order valence-corrected chi connectivity index (χ2v) is 17.3. The SMILES string of the molecule is [2H]c1c([2H])c(C([2H])([2H])[2H])c([2H])c([2H])c1-c1ccnc(-c2cc(-c3cccc4c3nc(-c3cc(C)cc(C)c3O)n4-c3cc(-c4ccccc4)c(C([2H])(C)C)cc3-c3ccccc3)cc(C(C)(C)C)c2)c1. The van der Waals surface area contributed by atoms with E-state index in [1.165, 1.54) is 0 Å². The number of nitrogens with zero attached hydrogens (tertiary/aromatic N) is 3. The molecule has 4 heteroatoms. The van der Waals surface area contributed by atoms with Crippen molar-refractivity contribution in [1.29, 1.82) is 0 Å². The molecule has 0 fully saturated rings. The van der Waals surface area contributed by atoms with E-state index in [9.17, 15) is 6.48 Å². The minimum Gasteiger partial charge on any atom is -0.507 e. The fourth-order valence-electron chi connectivity index (χ4n) is 8.34. The quantitative estimate of drug-likeness (QED) is 0.166. The number of phenols is 1. The number of hydrogen-bond donors (Lipinski definition) is 1. The number of rotatable bonds is 8. The topological polar surface area (TPSA) is 50.9 Å². The van der Waals surface area contributed by atoms with Gasteiger partial charge in [0, 0.05) is 28.4 Å². The minimum absolute atomic E-state index is 0.0130. The lowest BCUT2D eigenvalue weighted by molar-refractivity contribution is 0.472. The fourth-order valence-corrected chi connectivity index (χ4v) is 8.34. The van der Waals surface area contributed by atoms with Gasteiger partial charge in [-0.2, -0.15) is 0 Å². The predicted octanol–water partition coefficient (Wildman–Crippen LogP) is 15.5. The molecular weight excluding hydrogens is 755 g/mol. The molecule has 0 spiro atoms. The predicted molar refractivity (Wildman–Crippen MR) is 260 cm³/mol. The van der Waals surface area contributed by atoms with Gasteiger partial charge in [-0.3, -0.25) is 9.55 Å². The number of aryl methyl sites for hydroxylation is 2. The van der Waals surface area contributed by atoms with Crippen LogP contribution in [0.4, 0.5) is 0 Å². The summed E-state index contributed by atoms with van der Waals surface area (Å²) in [5.41, 5.74) is 12.4. The number of fused-ring (bicyclic) bond motifs is 1. The number of imidazole rings is 1. The lowest BCUT2D eigenvalue weighted by Gasteiger charge is -2.22. The summed E-state index contributed by atoms with van der Waals surface area (Å²) < 4.78 is 70.2. The van der Waals surface area contributed by atoms with Gasteiger partial charge in [0.1, 0.15) is 11.6 Å². The summed E-state index contributed by atoms with van der Waals surface area (Å²) in [6.07, 6.45) is 1.56. The Morgan fingerprint density at radius 1 is 0.629 bits per heavy atom. The molecule has 0 aliphatic rings. The van der Waals surface area contributed by atoms with Crippen LogP contribution in [0.2, 0.25) is 0 Å². The Labute approximate surface area is 377 Å². The van der Waals surface area contributed by atoms with Crippen molar-refractivity contribution in [3.8, 4) is 78.6 Å². The fraction of sp³-hybridized carbons (Fsp3) is 0.172. The number of phenolic OH excluding ortho intramolecular Hbond substituents is 1. The second kappa shape index (κ2) is 16.1. The molecule has 0 bridgehead atoms. The third kappa shape index (κ3) is 7.62. The number of aromatic hydroxyl groups is 1. The lowest BCUT2D eigenvalue weighted by atomic mass is 9.83. The van der Waals surface area contributed by atoms with E-state index in [0.29, 0.717) is 33.7 Å². The molecule has 0 aliphatic heterocycles. The van der Waals surface area contributed by atoms with Crippen LogP contribution >= 0.6 is 0 Å². The Kier molecular flexibility index (Phi) is 8.25. The van der Waals surface area contributed by atoms with Crippen LogP contribution in [0.15, 0.2) is 164 Å². The summed E-state index contributed by atoms with van der Waals surface area (Å²) in [6.45, 7) is 11.3. The average molecular weight is 816 g/mol. The molecular formula is C58H53N3O. The lowest BCUT2D eigenvalue weighted by Crippen LogP contribution is -2.11. The van der Waals surface area contributed by atoms with E-state index < -0.39 is 42.5 Å². The molecule has 0 amide bonds. The number of hydrogen-bond acceptors (Lipinski definition) is 3. The zero-order valence-corrected chi connectivity index (χ0v) is 36.1. The molecule has 2 aromatic heterocycles. The Hall–Kier alpha value is -7.04. The number of pyridine rings is 1. The highest BCUT2D eigenvalue weighted by Crippen LogP contribution is 2.45. The first kappa shape index (κ1) is 31.8. The van der Waals surface area contributed by atoms with Crippen LogP contribution in [0.1, 0.15) is 79.3 Å². The zero-order valence-electron chi connectivity index (χ0n) is 44.1. The van der Waals surface area contributed by atoms with E-state index in [2.05, 4.69) is 73.9 Å². The van der Waals surface area contributed by atoms with Gasteiger partial charge < -0.3 is 5.11 Å². The molecule has 0 unspecified atom stereocenters. The van der Waals surface area contributed by atoms with Gasteiger partial charge in [0.2, 0.25) is 0 Å². The average Bonchev–Trinajstić information content (AvgIpc) is 3.71. The first-order valence-electron chi connectivity index (χ1n) is 24.9. The van der Waals surface area contributed by atoms with E-state index in [-0.39, 0.29) is 16.7 Å². The highest BCUT2D eigenvalue weighted by Gasteiger charge is 2.26. The highest BCUT2D eigenvalue weighted by molar-refractivity contribution is 5.98. The first-order chi connectivity index (χ1) is 33.0. The summed E-state index contributed by atoms with van der Waals surface area (Å²) in [6, 6.07) is 42.1. The summed E-state index contributed by atoms with van der Waals surface area (Å²) in [5.74, 6) is -0.315. The molecule has 2 heterocycles. The van der Waals surface area contributed by atoms with E-state index in [1.807, 2.05) is 100 Å². The van der Waals surface area contributed by atoms with Crippen molar-refractivity contribution >= 4 is 11.0 Å². The molecule has 62 heavy (non-hydrogen) atoms. The van der Waals surface area contributed by atoms with Crippen LogP contribution < -0.4 is 0 Å². The Morgan fingerprint density at radius 3 is 2.00 bits per heavy atom. The van der Waals surface area contributed by atoms with Crippen LogP contribution in [0.3, 0.4) is 0 Å². The van der Waals surface area contributed by atoms with Crippen molar-refractivity contribution in [2.75, 3.05) is 0 Å². The van der Waals surface area contributed by atoms with E-state index >= 15 is 0 Å². The van der Waals surface area contributed by atoms with Gasteiger partial charge in [0.15, 0.2) is 0 Å². The van der Waals surface area contributed by atoms with E-state index in [1.54, 1.807) is 18.3 Å². The molecule has 1 N–H and O–H groups in total. The molecule has 0 atom stereocenters. The van der Waals surface area contributed by atoms with Crippen molar-refractivity contribution in [2.24, 2.45) is 0 Å². The van der Waals surface area contributed by atoms with Gasteiger partial charge in [0.05, 0.1) is 33.5 Å².